The Morgan fingerprint density at radius 2 is 2.25 bits per heavy atom. The van der Waals surface area contributed by atoms with E-state index < -0.39 is 5.97 Å². The van der Waals surface area contributed by atoms with Crippen molar-refractivity contribution >= 4 is 39.7 Å². The average molecular weight is 310 g/mol. The van der Waals surface area contributed by atoms with E-state index in [-0.39, 0.29) is 18.2 Å². The zero-order valence-corrected chi connectivity index (χ0v) is 12.5. The number of thiazole rings is 1. The van der Waals surface area contributed by atoms with Crippen LogP contribution >= 0.6 is 22.7 Å². The van der Waals surface area contributed by atoms with Crippen molar-refractivity contribution in [3.8, 4) is 0 Å². The highest BCUT2D eigenvalue weighted by Crippen LogP contribution is 2.19. The maximum absolute atomic E-state index is 12.0. The summed E-state index contributed by atoms with van der Waals surface area (Å²) in [6.07, 6.45) is 0.563. The fourth-order valence-corrected chi connectivity index (χ4v) is 3.20. The lowest BCUT2D eigenvalue weighted by Crippen LogP contribution is -2.21. The number of carbonyl (C=O) groups is 2. The monoisotopic (exact) mass is 310 g/mol. The molecule has 2 aromatic heterocycles. The van der Waals surface area contributed by atoms with Crippen molar-refractivity contribution in [2.45, 2.75) is 19.8 Å². The van der Waals surface area contributed by atoms with Crippen molar-refractivity contribution in [1.29, 1.82) is 0 Å². The summed E-state index contributed by atoms with van der Waals surface area (Å²) < 4.78 is 0. The number of rotatable bonds is 6. The van der Waals surface area contributed by atoms with E-state index in [4.69, 9.17) is 5.11 Å². The molecule has 106 valence electrons. The van der Waals surface area contributed by atoms with E-state index in [0.717, 1.165) is 0 Å². The van der Waals surface area contributed by atoms with Gasteiger partial charge in [0.25, 0.3) is 0 Å². The Hall–Kier alpha value is -1.73. The van der Waals surface area contributed by atoms with Gasteiger partial charge >= 0.3 is 5.97 Å². The van der Waals surface area contributed by atoms with Gasteiger partial charge in [-0.1, -0.05) is 13.0 Å². The number of thiophene rings is 1. The minimum absolute atomic E-state index is 0.102. The molecule has 5 nitrogen and oxygen atoms in total. The van der Waals surface area contributed by atoms with Crippen LogP contribution in [0.25, 0.3) is 0 Å². The first-order valence-corrected chi connectivity index (χ1v) is 7.80. The van der Waals surface area contributed by atoms with Crippen molar-refractivity contribution < 1.29 is 14.7 Å². The van der Waals surface area contributed by atoms with Gasteiger partial charge in [-0.3, -0.25) is 9.59 Å². The Labute approximate surface area is 124 Å². The molecular weight excluding hydrogens is 296 g/mol. The number of nitrogens with one attached hydrogen (secondary N) is 1. The van der Waals surface area contributed by atoms with Gasteiger partial charge < -0.3 is 10.4 Å². The van der Waals surface area contributed by atoms with Crippen molar-refractivity contribution in [3.63, 3.8) is 0 Å². The Kier molecular flexibility index (Phi) is 4.86. The lowest BCUT2D eigenvalue weighted by molar-refractivity contribution is -0.136. The van der Waals surface area contributed by atoms with Crippen LogP contribution in [0.15, 0.2) is 22.9 Å². The van der Waals surface area contributed by atoms with Gasteiger partial charge in [-0.15, -0.1) is 22.7 Å². The van der Waals surface area contributed by atoms with Crippen LogP contribution in [0.1, 0.15) is 17.5 Å². The fraction of sp³-hybridized carbons (Fsp3) is 0.308. The summed E-state index contributed by atoms with van der Waals surface area (Å²) in [5.74, 6) is -1.19. The first-order valence-electron chi connectivity index (χ1n) is 6.04. The van der Waals surface area contributed by atoms with Crippen molar-refractivity contribution in [2.24, 2.45) is 5.92 Å². The predicted octanol–water partition coefficient (Wildman–Crippen LogP) is 2.65. The third-order valence-electron chi connectivity index (χ3n) is 2.65. The van der Waals surface area contributed by atoms with E-state index in [2.05, 4.69) is 10.3 Å². The molecule has 2 rings (SSSR count). The first kappa shape index (κ1) is 14.7. The van der Waals surface area contributed by atoms with Crippen molar-refractivity contribution in [3.05, 3.63) is 33.5 Å². The maximum Gasteiger partial charge on any atom is 0.309 e. The number of hydrogen-bond acceptors (Lipinski definition) is 5. The van der Waals surface area contributed by atoms with E-state index in [9.17, 15) is 9.59 Å². The molecule has 0 fully saturated rings. The van der Waals surface area contributed by atoms with Gasteiger partial charge in [0.05, 0.1) is 12.1 Å². The van der Waals surface area contributed by atoms with Crippen LogP contribution < -0.4 is 5.32 Å². The first-order chi connectivity index (χ1) is 9.54. The molecule has 0 aliphatic carbocycles. The van der Waals surface area contributed by atoms with Crippen LogP contribution in [-0.2, 0) is 22.4 Å². The summed E-state index contributed by atoms with van der Waals surface area (Å²) >= 11 is 2.87. The molecule has 0 aliphatic rings. The fourth-order valence-electron chi connectivity index (χ4n) is 1.65. The largest absolute Gasteiger partial charge is 0.481 e. The average Bonchev–Trinajstić information content (AvgIpc) is 3.00. The molecular formula is C13H14N2O3S2. The van der Waals surface area contributed by atoms with Gasteiger partial charge in [0, 0.05) is 16.2 Å². The van der Waals surface area contributed by atoms with Crippen molar-refractivity contribution in [1.82, 2.24) is 4.98 Å². The van der Waals surface area contributed by atoms with Crippen LogP contribution in [0.3, 0.4) is 0 Å². The summed E-state index contributed by atoms with van der Waals surface area (Å²) in [7, 11) is 0. The predicted molar refractivity (Wildman–Crippen MR) is 79.3 cm³/mol. The molecule has 1 amide bonds. The van der Waals surface area contributed by atoms with Crippen LogP contribution in [0.5, 0.6) is 0 Å². The summed E-state index contributed by atoms with van der Waals surface area (Å²) in [6, 6.07) is 3.96. The van der Waals surface area contributed by atoms with E-state index in [1.165, 1.54) is 16.2 Å². The molecule has 0 bridgehead atoms. The molecule has 0 unspecified atom stereocenters. The number of hydrogen-bond donors (Lipinski definition) is 2. The minimum Gasteiger partial charge on any atom is -0.481 e. The number of aromatic nitrogens is 1. The lowest BCUT2D eigenvalue weighted by atomic mass is 10.1. The second-order valence-electron chi connectivity index (χ2n) is 4.39. The molecule has 2 heterocycles. The second kappa shape index (κ2) is 6.62. The molecule has 0 radical (unpaired) electrons. The Bertz CT molecular complexity index is 593. The third-order valence-corrected chi connectivity index (χ3v) is 4.35. The van der Waals surface area contributed by atoms with E-state index in [0.29, 0.717) is 17.2 Å². The molecule has 7 heteroatoms. The van der Waals surface area contributed by atoms with Crippen LogP contribution in [-0.4, -0.2) is 22.0 Å². The normalized spacial score (nSPS) is 12.1. The van der Waals surface area contributed by atoms with Gasteiger partial charge in [-0.25, -0.2) is 4.98 Å². The van der Waals surface area contributed by atoms with Crippen LogP contribution in [0, 0.1) is 5.92 Å². The number of aliphatic carboxylic acids is 1. The highest BCUT2D eigenvalue weighted by Gasteiger charge is 2.16. The van der Waals surface area contributed by atoms with Gasteiger partial charge in [-0.2, -0.15) is 0 Å². The number of amides is 1. The van der Waals surface area contributed by atoms with E-state index in [1.807, 2.05) is 24.4 Å². The standard InChI is InChI=1S/C13H14N2O3S2/c1-8(5-10-3-2-4-19-10)12(18)15-13-14-9(7-20-13)6-11(16)17/h2-4,7-8H,5-6H2,1H3,(H,16,17)(H,14,15,18)/t8-/m1/s1. The number of carboxylic acid groups (broad SMARTS) is 1. The highest BCUT2D eigenvalue weighted by atomic mass is 32.1. The number of anilines is 1. The Morgan fingerprint density at radius 3 is 2.90 bits per heavy atom. The Balaban J connectivity index is 1.90. The number of carboxylic acids is 1. The zero-order valence-electron chi connectivity index (χ0n) is 10.8. The lowest BCUT2D eigenvalue weighted by Gasteiger charge is -2.09. The maximum atomic E-state index is 12.0. The van der Waals surface area contributed by atoms with Gasteiger partial charge in [-0.05, 0) is 17.9 Å². The molecule has 0 saturated heterocycles. The summed E-state index contributed by atoms with van der Waals surface area (Å²) in [5.41, 5.74) is 0.462. The Morgan fingerprint density at radius 1 is 1.45 bits per heavy atom. The smallest absolute Gasteiger partial charge is 0.309 e. The van der Waals surface area contributed by atoms with Crippen LogP contribution in [0.2, 0.25) is 0 Å². The zero-order chi connectivity index (χ0) is 14.5. The molecule has 2 N–H and O–H groups in total. The molecule has 2 aromatic rings. The molecule has 20 heavy (non-hydrogen) atoms. The topological polar surface area (TPSA) is 79.3 Å². The van der Waals surface area contributed by atoms with E-state index in [1.54, 1.807) is 16.7 Å². The number of carbonyl (C=O) groups excluding carboxylic acids is 1. The van der Waals surface area contributed by atoms with Gasteiger partial charge in [0.2, 0.25) is 5.91 Å². The van der Waals surface area contributed by atoms with E-state index >= 15 is 0 Å². The molecule has 1 atom stereocenters. The van der Waals surface area contributed by atoms with Gasteiger partial charge in [0.1, 0.15) is 0 Å². The van der Waals surface area contributed by atoms with Crippen LogP contribution in [0.4, 0.5) is 5.13 Å². The summed E-state index contributed by atoms with van der Waals surface area (Å²) in [4.78, 5) is 27.8. The molecule has 0 aliphatic heterocycles. The minimum atomic E-state index is -0.931. The highest BCUT2D eigenvalue weighted by molar-refractivity contribution is 7.14. The molecule has 0 aromatic carbocycles. The quantitative estimate of drug-likeness (QED) is 0.859. The van der Waals surface area contributed by atoms with Gasteiger partial charge in [0.15, 0.2) is 5.13 Å². The SMILES string of the molecule is C[C@H](Cc1cccs1)C(=O)Nc1nc(CC(=O)O)cs1. The third kappa shape index (κ3) is 4.14. The number of nitrogens with zero attached hydrogens (tertiary/aromatic N) is 1. The molecule has 0 spiro atoms. The molecule has 0 saturated carbocycles. The summed E-state index contributed by atoms with van der Waals surface area (Å²) in [5, 5.41) is 15.5. The van der Waals surface area contributed by atoms with Crippen molar-refractivity contribution in [2.75, 3.05) is 5.32 Å². The second-order valence-corrected chi connectivity index (χ2v) is 6.28. The summed E-state index contributed by atoms with van der Waals surface area (Å²) in [6.45, 7) is 1.86.